The Kier molecular flexibility index (Phi) is 3.64. The van der Waals surface area contributed by atoms with Crippen LogP contribution in [0.3, 0.4) is 0 Å². The highest BCUT2D eigenvalue weighted by Crippen LogP contribution is 2.36. The monoisotopic (exact) mass is 287 g/mol. The summed E-state index contributed by atoms with van der Waals surface area (Å²) in [4.78, 5) is 10.6. The van der Waals surface area contributed by atoms with Crippen molar-refractivity contribution < 1.29 is 32.3 Å². The fraction of sp³-hybridized carbons (Fsp3) is 0.167. The summed E-state index contributed by atoms with van der Waals surface area (Å²) in [5, 5.41) is 12.0. The zero-order valence-electron chi connectivity index (χ0n) is 9.85. The Morgan fingerprint density at radius 2 is 2.05 bits per heavy atom. The summed E-state index contributed by atoms with van der Waals surface area (Å²) >= 11 is 0. The summed E-state index contributed by atoms with van der Waals surface area (Å²) in [5.41, 5.74) is -0.832. The van der Waals surface area contributed by atoms with Crippen LogP contribution in [0.1, 0.15) is 21.8 Å². The van der Waals surface area contributed by atoms with Crippen LogP contribution in [0.4, 0.5) is 13.2 Å². The van der Waals surface area contributed by atoms with Gasteiger partial charge in [0.25, 0.3) is 0 Å². The van der Waals surface area contributed by atoms with Crippen molar-refractivity contribution in [3.8, 4) is 5.75 Å². The van der Waals surface area contributed by atoms with Crippen molar-refractivity contribution in [3.63, 3.8) is 0 Å². The number of aromatic nitrogens is 1. The molecule has 0 fully saturated rings. The minimum Gasteiger partial charge on any atom is -0.487 e. The van der Waals surface area contributed by atoms with Gasteiger partial charge in [-0.05, 0) is 12.1 Å². The topological polar surface area (TPSA) is 72.6 Å². The maximum atomic E-state index is 12.7. The van der Waals surface area contributed by atoms with E-state index >= 15 is 0 Å². The van der Waals surface area contributed by atoms with E-state index in [2.05, 4.69) is 9.68 Å². The van der Waals surface area contributed by atoms with E-state index in [1.54, 1.807) is 0 Å². The number of halogens is 3. The maximum absolute atomic E-state index is 12.7. The van der Waals surface area contributed by atoms with Crippen LogP contribution >= 0.6 is 0 Å². The Labute approximate surface area is 110 Å². The minimum atomic E-state index is -4.54. The van der Waals surface area contributed by atoms with Gasteiger partial charge in [-0.3, -0.25) is 0 Å². The molecule has 0 aliphatic carbocycles. The number of carboxylic acid groups (broad SMARTS) is 1. The van der Waals surface area contributed by atoms with Gasteiger partial charge in [-0.15, -0.1) is 0 Å². The number of para-hydroxylation sites is 1. The molecule has 20 heavy (non-hydrogen) atoms. The number of ether oxygens (including phenoxy) is 1. The second kappa shape index (κ2) is 5.24. The first-order valence-corrected chi connectivity index (χ1v) is 5.36. The smallest absolute Gasteiger partial charge is 0.419 e. The van der Waals surface area contributed by atoms with Crippen LogP contribution in [0.25, 0.3) is 0 Å². The van der Waals surface area contributed by atoms with Crippen molar-refractivity contribution in [1.29, 1.82) is 0 Å². The van der Waals surface area contributed by atoms with E-state index in [4.69, 9.17) is 9.84 Å². The lowest BCUT2D eigenvalue weighted by molar-refractivity contribution is -0.139. The van der Waals surface area contributed by atoms with Crippen molar-refractivity contribution in [2.24, 2.45) is 0 Å². The number of carboxylic acids is 1. The summed E-state index contributed by atoms with van der Waals surface area (Å²) in [7, 11) is 0. The number of rotatable bonds is 4. The quantitative estimate of drug-likeness (QED) is 0.935. The van der Waals surface area contributed by atoms with E-state index < -0.39 is 23.5 Å². The van der Waals surface area contributed by atoms with E-state index in [0.29, 0.717) is 0 Å². The molecule has 1 N–H and O–H groups in total. The lowest BCUT2D eigenvalue weighted by atomic mass is 10.2. The lowest BCUT2D eigenvalue weighted by Crippen LogP contribution is -2.08. The average Bonchev–Trinajstić information content (AvgIpc) is 2.84. The fourth-order valence-corrected chi connectivity index (χ4v) is 1.46. The fourth-order valence-electron chi connectivity index (χ4n) is 1.46. The van der Waals surface area contributed by atoms with Crippen molar-refractivity contribution in [2.75, 3.05) is 0 Å². The maximum Gasteiger partial charge on any atom is 0.419 e. The second-order valence-electron chi connectivity index (χ2n) is 3.77. The normalized spacial score (nSPS) is 11.3. The van der Waals surface area contributed by atoms with Gasteiger partial charge in [0.1, 0.15) is 18.1 Å². The molecule has 1 heterocycles. The number of nitrogens with zero attached hydrogens (tertiary/aromatic N) is 1. The van der Waals surface area contributed by atoms with Crippen molar-refractivity contribution in [2.45, 2.75) is 12.8 Å². The van der Waals surface area contributed by atoms with Crippen LogP contribution in [0.2, 0.25) is 0 Å². The first-order chi connectivity index (χ1) is 9.38. The molecule has 0 spiro atoms. The van der Waals surface area contributed by atoms with Crippen LogP contribution in [0.15, 0.2) is 34.9 Å². The zero-order valence-corrected chi connectivity index (χ0v) is 9.85. The molecular weight excluding hydrogens is 279 g/mol. The molecule has 0 bridgehead atoms. The first-order valence-electron chi connectivity index (χ1n) is 5.36. The van der Waals surface area contributed by atoms with Crippen LogP contribution in [-0.4, -0.2) is 16.2 Å². The molecule has 1 aromatic heterocycles. The van der Waals surface area contributed by atoms with Crippen LogP contribution < -0.4 is 4.74 Å². The van der Waals surface area contributed by atoms with E-state index in [1.807, 2.05) is 0 Å². The first kappa shape index (κ1) is 13.9. The van der Waals surface area contributed by atoms with Gasteiger partial charge in [0.15, 0.2) is 0 Å². The second-order valence-corrected chi connectivity index (χ2v) is 3.77. The molecule has 0 aliphatic heterocycles. The summed E-state index contributed by atoms with van der Waals surface area (Å²) in [6.45, 7) is -0.329. The lowest BCUT2D eigenvalue weighted by Gasteiger charge is -2.12. The van der Waals surface area contributed by atoms with Gasteiger partial charge >= 0.3 is 12.1 Å². The highest BCUT2D eigenvalue weighted by Gasteiger charge is 2.34. The van der Waals surface area contributed by atoms with Crippen molar-refractivity contribution in [1.82, 2.24) is 5.16 Å². The summed E-state index contributed by atoms with van der Waals surface area (Å²) in [6, 6.07) is 5.78. The molecule has 0 aliphatic rings. The van der Waals surface area contributed by atoms with Crippen LogP contribution in [0, 0.1) is 0 Å². The Morgan fingerprint density at radius 3 is 2.65 bits per heavy atom. The molecule has 2 rings (SSSR count). The molecule has 0 atom stereocenters. The molecular formula is C12H8F3NO4. The third-order valence-corrected chi connectivity index (χ3v) is 2.34. The van der Waals surface area contributed by atoms with Gasteiger partial charge in [-0.2, -0.15) is 13.2 Å². The molecule has 0 saturated heterocycles. The molecule has 0 radical (unpaired) electrons. The molecule has 0 unspecified atom stereocenters. The van der Waals surface area contributed by atoms with Gasteiger partial charge < -0.3 is 14.4 Å². The molecule has 5 nitrogen and oxygen atoms in total. The predicted octanol–water partition coefficient (Wildman–Crippen LogP) is 2.97. The summed E-state index contributed by atoms with van der Waals surface area (Å²) in [6.07, 6.45) is -4.54. The van der Waals surface area contributed by atoms with Crippen LogP contribution in [-0.2, 0) is 12.8 Å². The molecule has 8 heteroatoms. The van der Waals surface area contributed by atoms with Gasteiger partial charge in [-0.1, -0.05) is 17.3 Å². The number of carbonyl (C=O) groups is 1. The van der Waals surface area contributed by atoms with Crippen molar-refractivity contribution >= 4 is 5.97 Å². The van der Waals surface area contributed by atoms with Crippen molar-refractivity contribution in [3.05, 3.63) is 47.3 Å². The van der Waals surface area contributed by atoms with E-state index in [9.17, 15) is 18.0 Å². The molecule has 0 saturated carbocycles. The Hall–Kier alpha value is -2.51. The van der Waals surface area contributed by atoms with E-state index in [1.165, 1.54) is 18.2 Å². The Bertz CT molecular complexity index is 621. The minimum absolute atomic E-state index is 0.0828. The molecule has 0 amide bonds. The number of aromatic carboxylic acids is 1. The highest BCUT2D eigenvalue weighted by molar-refractivity contribution is 5.84. The van der Waals surface area contributed by atoms with Gasteiger partial charge in [0, 0.05) is 6.07 Å². The number of benzene rings is 1. The predicted molar refractivity (Wildman–Crippen MR) is 59.2 cm³/mol. The third kappa shape index (κ3) is 3.08. The highest BCUT2D eigenvalue weighted by atomic mass is 19.4. The largest absolute Gasteiger partial charge is 0.487 e. The Balaban J connectivity index is 2.13. The van der Waals surface area contributed by atoms with Gasteiger partial charge in [-0.25, -0.2) is 4.79 Å². The van der Waals surface area contributed by atoms with E-state index in [0.717, 1.165) is 12.1 Å². The number of hydrogen-bond donors (Lipinski definition) is 1. The Morgan fingerprint density at radius 1 is 1.35 bits per heavy atom. The third-order valence-electron chi connectivity index (χ3n) is 2.34. The molecule has 106 valence electrons. The zero-order chi connectivity index (χ0) is 14.8. The number of hydrogen-bond acceptors (Lipinski definition) is 4. The van der Waals surface area contributed by atoms with Gasteiger partial charge in [0.05, 0.1) is 5.56 Å². The van der Waals surface area contributed by atoms with E-state index in [-0.39, 0.29) is 18.1 Å². The number of alkyl halides is 3. The van der Waals surface area contributed by atoms with Gasteiger partial charge in [0.2, 0.25) is 5.76 Å². The molecule has 2 aromatic rings. The summed E-state index contributed by atoms with van der Waals surface area (Å²) in [5.74, 6) is -2.09. The molecule has 1 aromatic carbocycles. The average molecular weight is 287 g/mol. The standard InChI is InChI=1S/C12H8F3NO4/c13-12(14,15)8-3-1-2-4-9(8)19-6-7-5-10(11(17)18)20-16-7/h1-5H,6H2,(H,17,18). The SMILES string of the molecule is O=C(O)c1cc(COc2ccccc2C(F)(F)F)no1. The van der Waals surface area contributed by atoms with Crippen LogP contribution in [0.5, 0.6) is 5.75 Å². The summed E-state index contributed by atoms with van der Waals surface area (Å²) < 4.78 is 47.5.